The first-order valence-corrected chi connectivity index (χ1v) is 7.20. The van der Waals surface area contributed by atoms with Gasteiger partial charge in [0.25, 0.3) is 11.6 Å². The van der Waals surface area contributed by atoms with Crippen molar-refractivity contribution in [3.05, 3.63) is 81.4 Å². The number of fused-ring (bicyclic) bond motifs is 1. The van der Waals surface area contributed by atoms with E-state index in [2.05, 4.69) is 10.5 Å². The van der Waals surface area contributed by atoms with Gasteiger partial charge in [-0.2, -0.15) is 5.10 Å². The maximum atomic E-state index is 12.2. The molecule has 0 saturated heterocycles. The van der Waals surface area contributed by atoms with Gasteiger partial charge in [-0.25, -0.2) is 5.43 Å². The van der Waals surface area contributed by atoms with E-state index < -0.39 is 10.8 Å². The van der Waals surface area contributed by atoms with Crippen LogP contribution in [0.25, 0.3) is 11.0 Å². The summed E-state index contributed by atoms with van der Waals surface area (Å²) in [5, 5.41) is 22.8. The van der Waals surface area contributed by atoms with Crippen LogP contribution in [-0.2, 0) is 0 Å². The highest BCUT2D eigenvalue weighted by Crippen LogP contribution is 2.20. The Balaban J connectivity index is 1.87. The van der Waals surface area contributed by atoms with E-state index in [1.165, 1.54) is 30.5 Å². The van der Waals surface area contributed by atoms with Gasteiger partial charge in [0.2, 0.25) is 5.55 Å². The molecule has 8 nitrogen and oxygen atoms in total. The molecule has 1 amide bonds. The summed E-state index contributed by atoms with van der Waals surface area (Å²) >= 11 is 0. The van der Waals surface area contributed by atoms with Gasteiger partial charge in [0, 0.05) is 17.5 Å². The average Bonchev–Trinajstić information content (AvgIpc) is 2.61. The van der Waals surface area contributed by atoms with Gasteiger partial charge >= 0.3 is 0 Å². The zero-order valence-electron chi connectivity index (χ0n) is 12.8. The van der Waals surface area contributed by atoms with E-state index in [-0.39, 0.29) is 22.4 Å². The highest BCUT2D eigenvalue weighted by atomic mass is 16.6. The summed E-state index contributed by atoms with van der Waals surface area (Å²) in [5.41, 5.74) is 2.83. The lowest BCUT2D eigenvalue weighted by atomic mass is 10.1. The van der Waals surface area contributed by atoms with Gasteiger partial charge < -0.3 is 4.42 Å². The molecule has 0 aliphatic rings. The minimum atomic E-state index is -0.644. The van der Waals surface area contributed by atoms with Crippen LogP contribution in [0.3, 0.4) is 0 Å². The number of nitro groups is 1. The lowest BCUT2D eigenvalue weighted by Gasteiger charge is -2.02. The molecule has 0 radical (unpaired) electrons. The van der Waals surface area contributed by atoms with Crippen LogP contribution in [0.5, 0.6) is 0 Å². The molecule has 3 aromatic rings. The molecule has 3 rings (SSSR count). The summed E-state index contributed by atoms with van der Waals surface area (Å²) in [6.07, 6.45) is 1.46. The van der Waals surface area contributed by atoms with Crippen LogP contribution in [0.1, 0.15) is 15.9 Å². The second kappa shape index (κ2) is 6.75. The molecule has 8 heteroatoms. The summed E-state index contributed by atoms with van der Waals surface area (Å²) < 4.78 is 5.24. The third-order valence-electron chi connectivity index (χ3n) is 3.38. The fraction of sp³-hybridized carbons (Fsp3) is 0. The van der Waals surface area contributed by atoms with Gasteiger partial charge in [0.05, 0.1) is 11.1 Å². The Kier molecular flexibility index (Phi) is 4.34. The second-order valence-corrected chi connectivity index (χ2v) is 5.08. The number of amides is 1. The van der Waals surface area contributed by atoms with Gasteiger partial charge in [0.1, 0.15) is 11.1 Å². The van der Waals surface area contributed by atoms with E-state index in [1.54, 1.807) is 0 Å². The van der Waals surface area contributed by atoms with Crippen molar-refractivity contribution in [1.82, 2.24) is 5.43 Å². The van der Waals surface area contributed by atoms with Crippen LogP contribution >= 0.6 is 0 Å². The number of rotatable bonds is 4. The van der Waals surface area contributed by atoms with E-state index in [4.69, 9.17) is 9.83 Å². The van der Waals surface area contributed by atoms with E-state index in [0.717, 1.165) is 5.56 Å². The van der Waals surface area contributed by atoms with Crippen molar-refractivity contribution in [3.63, 3.8) is 0 Å². The number of nitrogens with zero attached hydrogens (tertiary/aromatic N) is 2. The number of hydrazone groups is 1. The number of hydrogen-bond donors (Lipinski definition) is 2. The smallest absolute Gasteiger partial charge is 0.276 e. The Hall–Kier alpha value is -3.81. The molecule has 2 aromatic carbocycles. The van der Waals surface area contributed by atoms with Crippen molar-refractivity contribution in [2.75, 3.05) is 0 Å². The van der Waals surface area contributed by atoms with E-state index in [9.17, 15) is 14.9 Å². The number of benzene rings is 2. The Morgan fingerprint density at radius 3 is 2.68 bits per heavy atom. The fourth-order valence-corrected chi connectivity index (χ4v) is 2.17. The van der Waals surface area contributed by atoms with Crippen LogP contribution in [0.15, 0.2) is 64.1 Å². The largest absolute Gasteiger partial charge is 0.438 e. The van der Waals surface area contributed by atoms with Crippen molar-refractivity contribution in [3.8, 4) is 0 Å². The van der Waals surface area contributed by atoms with Gasteiger partial charge in [-0.15, -0.1) is 0 Å². The van der Waals surface area contributed by atoms with Gasteiger partial charge in [-0.05, 0) is 17.7 Å². The summed E-state index contributed by atoms with van der Waals surface area (Å²) in [4.78, 5) is 22.5. The monoisotopic (exact) mass is 336 g/mol. The lowest BCUT2D eigenvalue weighted by Crippen LogP contribution is -2.24. The van der Waals surface area contributed by atoms with Crippen LogP contribution in [0.4, 0.5) is 5.69 Å². The molecule has 0 bridgehead atoms. The number of carbonyl (C=O) groups is 1. The highest BCUT2D eigenvalue weighted by molar-refractivity contribution is 5.97. The van der Waals surface area contributed by atoms with Crippen molar-refractivity contribution < 1.29 is 14.1 Å². The predicted molar refractivity (Wildman–Crippen MR) is 90.2 cm³/mol. The first-order valence-electron chi connectivity index (χ1n) is 7.20. The van der Waals surface area contributed by atoms with Gasteiger partial charge in [-0.3, -0.25) is 20.3 Å². The van der Waals surface area contributed by atoms with E-state index >= 15 is 0 Å². The SMILES string of the molecule is N=c1oc2ccc([N+](=O)[O-])cc2cc1C(=O)NN=Cc1ccccc1. The van der Waals surface area contributed by atoms with Crippen LogP contribution in [0, 0.1) is 15.5 Å². The van der Waals surface area contributed by atoms with Crippen LogP contribution < -0.4 is 11.0 Å². The van der Waals surface area contributed by atoms with E-state index in [0.29, 0.717) is 5.39 Å². The Bertz CT molecular complexity index is 1040. The minimum absolute atomic E-state index is 0.0711. The zero-order chi connectivity index (χ0) is 17.8. The van der Waals surface area contributed by atoms with Crippen molar-refractivity contribution in [2.24, 2.45) is 5.10 Å². The number of nitro benzene ring substituents is 1. The Labute approximate surface area is 141 Å². The molecule has 0 spiro atoms. The van der Waals surface area contributed by atoms with Gasteiger partial charge in [-0.1, -0.05) is 30.3 Å². The fourth-order valence-electron chi connectivity index (χ4n) is 2.17. The third-order valence-corrected chi connectivity index (χ3v) is 3.38. The standard InChI is InChI=1S/C17H12N4O4/c18-16-14(17(22)20-19-10-11-4-2-1-3-5-11)9-12-8-13(21(23)24)6-7-15(12)25-16/h1-10,18H,(H,20,22). The molecule has 2 N–H and O–H groups in total. The maximum Gasteiger partial charge on any atom is 0.276 e. The molecule has 0 aliphatic carbocycles. The van der Waals surface area contributed by atoms with Gasteiger partial charge in [0.15, 0.2) is 0 Å². The molecule has 124 valence electrons. The topological polar surface area (TPSA) is 122 Å². The van der Waals surface area contributed by atoms with Crippen molar-refractivity contribution in [2.45, 2.75) is 0 Å². The molecule has 1 heterocycles. The van der Waals surface area contributed by atoms with E-state index in [1.807, 2.05) is 30.3 Å². The minimum Gasteiger partial charge on any atom is -0.438 e. The third kappa shape index (κ3) is 3.58. The highest BCUT2D eigenvalue weighted by Gasteiger charge is 2.13. The normalized spacial score (nSPS) is 10.9. The quantitative estimate of drug-likeness (QED) is 0.432. The number of carbonyl (C=O) groups excluding carboxylic acids is 1. The van der Waals surface area contributed by atoms with Crippen molar-refractivity contribution >= 4 is 28.8 Å². The Morgan fingerprint density at radius 2 is 1.96 bits per heavy atom. The summed E-state index contributed by atoms with van der Waals surface area (Å²) in [7, 11) is 0. The average molecular weight is 336 g/mol. The molecule has 0 fully saturated rings. The van der Waals surface area contributed by atoms with Crippen LogP contribution in [-0.4, -0.2) is 17.0 Å². The lowest BCUT2D eigenvalue weighted by molar-refractivity contribution is -0.384. The molecule has 0 unspecified atom stereocenters. The molecular weight excluding hydrogens is 324 g/mol. The predicted octanol–water partition coefficient (Wildman–Crippen LogP) is 2.58. The second-order valence-electron chi connectivity index (χ2n) is 5.08. The van der Waals surface area contributed by atoms with Crippen molar-refractivity contribution in [1.29, 1.82) is 5.41 Å². The number of nitrogens with one attached hydrogen (secondary N) is 2. The number of hydrogen-bond acceptors (Lipinski definition) is 6. The molecule has 0 saturated carbocycles. The first kappa shape index (κ1) is 16.1. The molecule has 0 atom stereocenters. The number of non-ortho nitro benzene ring substituents is 1. The first-order chi connectivity index (χ1) is 12.0. The summed E-state index contributed by atoms with van der Waals surface area (Å²) in [6.45, 7) is 0. The molecular formula is C17H12N4O4. The van der Waals surface area contributed by atoms with Crippen LogP contribution in [0.2, 0.25) is 0 Å². The maximum absolute atomic E-state index is 12.2. The molecule has 1 aromatic heterocycles. The summed E-state index contributed by atoms with van der Waals surface area (Å²) in [6, 6.07) is 14.5. The zero-order valence-corrected chi connectivity index (χ0v) is 12.8. The summed E-state index contributed by atoms with van der Waals surface area (Å²) in [5.74, 6) is -0.644. The molecule has 25 heavy (non-hydrogen) atoms. The molecule has 0 aliphatic heterocycles. The Morgan fingerprint density at radius 1 is 1.20 bits per heavy atom.